The maximum Gasteiger partial charge on any atom is 0.224 e. The van der Waals surface area contributed by atoms with E-state index < -0.39 is 0 Å². The van der Waals surface area contributed by atoms with Crippen molar-refractivity contribution in [2.45, 2.75) is 13.3 Å². The highest BCUT2D eigenvalue weighted by Crippen LogP contribution is 2.17. The quantitative estimate of drug-likeness (QED) is 0.878. The first-order valence-electron chi connectivity index (χ1n) is 8.30. The third kappa shape index (κ3) is 4.35. The SMILES string of the molecule is COc1cccc(CCNc2nc(C)cc(N3CCOCC3)n2)c1. The number of morpholine rings is 1. The number of hydrogen-bond acceptors (Lipinski definition) is 6. The van der Waals surface area contributed by atoms with Crippen molar-refractivity contribution in [1.82, 2.24) is 9.97 Å². The fourth-order valence-corrected chi connectivity index (χ4v) is 2.73. The van der Waals surface area contributed by atoms with Crippen molar-refractivity contribution in [2.75, 3.05) is 50.2 Å². The average molecular weight is 328 g/mol. The summed E-state index contributed by atoms with van der Waals surface area (Å²) in [5, 5.41) is 3.33. The predicted molar refractivity (Wildman–Crippen MR) is 95.0 cm³/mol. The van der Waals surface area contributed by atoms with Gasteiger partial charge in [0.2, 0.25) is 5.95 Å². The van der Waals surface area contributed by atoms with Crippen molar-refractivity contribution in [3.05, 3.63) is 41.6 Å². The van der Waals surface area contributed by atoms with Crippen LogP contribution < -0.4 is 15.0 Å². The molecular formula is C18H24N4O2. The molecule has 1 N–H and O–H groups in total. The minimum Gasteiger partial charge on any atom is -0.497 e. The van der Waals surface area contributed by atoms with Crippen LogP contribution in [0.2, 0.25) is 0 Å². The molecule has 0 atom stereocenters. The topological polar surface area (TPSA) is 59.5 Å². The summed E-state index contributed by atoms with van der Waals surface area (Å²) < 4.78 is 10.7. The third-order valence-electron chi connectivity index (χ3n) is 4.01. The number of nitrogens with zero attached hydrogens (tertiary/aromatic N) is 3. The average Bonchev–Trinajstić information content (AvgIpc) is 2.62. The number of hydrogen-bond donors (Lipinski definition) is 1. The number of nitrogens with one attached hydrogen (secondary N) is 1. The van der Waals surface area contributed by atoms with Gasteiger partial charge in [-0.25, -0.2) is 4.98 Å². The zero-order valence-corrected chi connectivity index (χ0v) is 14.3. The Labute approximate surface area is 142 Å². The number of aromatic nitrogens is 2. The largest absolute Gasteiger partial charge is 0.497 e. The molecule has 6 heteroatoms. The smallest absolute Gasteiger partial charge is 0.224 e. The molecular weight excluding hydrogens is 304 g/mol. The highest BCUT2D eigenvalue weighted by Gasteiger charge is 2.14. The third-order valence-corrected chi connectivity index (χ3v) is 4.01. The first kappa shape index (κ1) is 16.5. The van der Waals surface area contributed by atoms with E-state index in [4.69, 9.17) is 9.47 Å². The first-order valence-corrected chi connectivity index (χ1v) is 8.30. The van der Waals surface area contributed by atoms with Crippen molar-refractivity contribution in [3.8, 4) is 5.75 Å². The summed E-state index contributed by atoms with van der Waals surface area (Å²) in [6, 6.07) is 10.1. The normalized spacial score (nSPS) is 14.5. The number of aryl methyl sites for hydroxylation is 1. The second-order valence-corrected chi connectivity index (χ2v) is 5.82. The fourth-order valence-electron chi connectivity index (χ4n) is 2.73. The first-order chi connectivity index (χ1) is 11.7. The van der Waals surface area contributed by atoms with E-state index in [-0.39, 0.29) is 0 Å². The molecule has 0 saturated carbocycles. The summed E-state index contributed by atoms with van der Waals surface area (Å²) in [6.45, 7) is 6.03. The van der Waals surface area contributed by atoms with Crippen molar-refractivity contribution in [3.63, 3.8) is 0 Å². The lowest BCUT2D eigenvalue weighted by molar-refractivity contribution is 0.122. The zero-order chi connectivity index (χ0) is 16.8. The lowest BCUT2D eigenvalue weighted by atomic mass is 10.1. The summed E-state index contributed by atoms with van der Waals surface area (Å²) in [6.07, 6.45) is 0.890. The zero-order valence-electron chi connectivity index (χ0n) is 14.3. The van der Waals surface area contributed by atoms with E-state index in [2.05, 4.69) is 32.3 Å². The van der Waals surface area contributed by atoms with E-state index in [1.165, 1.54) is 5.56 Å². The van der Waals surface area contributed by atoms with E-state index >= 15 is 0 Å². The van der Waals surface area contributed by atoms with Crippen LogP contribution in [0.25, 0.3) is 0 Å². The molecule has 0 bridgehead atoms. The van der Waals surface area contributed by atoms with Crippen molar-refractivity contribution < 1.29 is 9.47 Å². The van der Waals surface area contributed by atoms with Crippen LogP contribution in [0.1, 0.15) is 11.3 Å². The fraction of sp³-hybridized carbons (Fsp3) is 0.444. The summed E-state index contributed by atoms with van der Waals surface area (Å²) in [7, 11) is 1.69. The molecule has 0 unspecified atom stereocenters. The molecule has 3 rings (SSSR count). The van der Waals surface area contributed by atoms with Gasteiger partial charge in [-0.3, -0.25) is 0 Å². The highest BCUT2D eigenvalue weighted by molar-refractivity contribution is 5.45. The van der Waals surface area contributed by atoms with Crippen LogP contribution in [0.5, 0.6) is 5.75 Å². The molecule has 1 saturated heterocycles. The van der Waals surface area contributed by atoms with Crippen LogP contribution in [0, 0.1) is 6.92 Å². The molecule has 0 spiro atoms. The maximum atomic E-state index is 5.40. The summed E-state index contributed by atoms with van der Waals surface area (Å²) in [5.74, 6) is 2.53. The molecule has 0 amide bonds. The maximum absolute atomic E-state index is 5.40. The van der Waals surface area contributed by atoms with Crippen LogP contribution in [-0.4, -0.2) is 49.9 Å². The summed E-state index contributed by atoms with van der Waals surface area (Å²) in [5.41, 5.74) is 2.19. The van der Waals surface area contributed by atoms with E-state index in [0.29, 0.717) is 5.95 Å². The summed E-state index contributed by atoms with van der Waals surface area (Å²) in [4.78, 5) is 11.4. The Morgan fingerprint density at radius 1 is 1.21 bits per heavy atom. The van der Waals surface area contributed by atoms with Gasteiger partial charge >= 0.3 is 0 Å². The van der Waals surface area contributed by atoms with Gasteiger partial charge in [0, 0.05) is 31.4 Å². The Balaban J connectivity index is 1.61. The van der Waals surface area contributed by atoms with Crippen LogP contribution in [0.3, 0.4) is 0 Å². The lowest BCUT2D eigenvalue weighted by Gasteiger charge is -2.28. The minimum atomic E-state index is 0.680. The molecule has 128 valence electrons. The Morgan fingerprint density at radius 3 is 2.83 bits per heavy atom. The van der Waals surface area contributed by atoms with Gasteiger partial charge in [-0.05, 0) is 31.0 Å². The highest BCUT2D eigenvalue weighted by atomic mass is 16.5. The molecule has 1 fully saturated rings. The van der Waals surface area contributed by atoms with Crippen LogP contribution in [-0.2, 0) is 11.2 Å². The molecule has 0 aliphatic carbocycles. The van der Waals surface area contributed by atoms with Gasteiger partial charge in [0.25, 0.3) is 0 Å². The Bertz CT molecular complexity index is 672. The van der Waals surface area contributed by atoms with Crippen molar-refractivity contribution >= 4 is 11.8 Å². The molecule has 1 aromatic heterocycles. The van der Waals surface area contributed by atoms with E-state index in [1.807, 2.05) is 25.1 Å². The Kier molecular flexibility index (Phi) is 5.48. The van der Waals surface area contributed by atoms with E-state index in [0.717, 1.165) is 56.5 Å². The Morgan fingerprint density at radius 2 is 2.04 bits per heavy atom. The number of methoxy groups -OCH3 is 1. The molecule has 1 aliphatic heterocycles. The summed E-state index contributed by atoms with van der Waals surface area (Å²) >= 11 is 0. The van der Waals surface area contributed by atoms with Crippen LogP contribution in [0.15, 0.2) is 30.3 Å². The number of benzene rings is 1. The van der Waals surface area contributed by atoms with Gasteiger partial charge in [0.05, 0.1) is 20.3 Å². The van der Waals surface area contributed by atoms with Gasteiger partial charge in [0.15, 0.2) is 0 Å². The number of anilines is 2. The molecule has 24 heavy (non-hydrogen) atoms. The number of rotatable bonds is 6. The minimum absolute atomic E-state index is 0.680. The molecule has 1 aromatic carbocycles. The molecule has 2 aromatic rings. The van der Waals surface area contributed by atoms with E-state index in [1.54, 1.807) is 7.11 Å². The molecule has 6 nitrogen and oxygen atoms in total. The van der Waals surface area contributed by atoms with Gasteiger partial charge in [-0.1, -0.05) is 12.1 Å². The second kappa shape index (κ2) is 7.97. The van der Waals surface area contributed by atoms with Gasteiger partial charge in [-0.2, -0.15) is 4.98 Å². The van der Waals surface area contributed by atoms with Crippen molar-refractivity contribution in [1.29, 1.82) is 0 Å². The van der Waals surface area contributed by atoms with Crippen LogP contribution in [0.4, 0.5) is 11.8 Å². The van der Waals surface area contributed by atoms with E-state index in [9.17, 15) is 0 Å². The molecule has 1 aliphatic rings. The van der Waals surface area contributed by atoms with Gasteiger partial charge in [0.1, 0.15) is 11.6 Å². The van der Waals surface area contributed by atoms with Gasteiger partial charge in [-0.15, -0.1) is 0 Å². The number of ether oxygens (including phenoxy) is 2. The monoisotopic (exact) mass is 328 g/mol. The molecule has 2 heterocycles. The molecule has 0 radical (unpaired) electrons. The predicted octanol–water partition coefficient (Wildman–Crippen LogP) is 2.28. The standard InChI is InChI=1S/C18H24N4O2/c1-14-12-17(22-8-10-24-11-9-22)21-18(20-14)19-7-6-15-4-3-5-16(13-15)23-2/h3-5,12-13H,6-11H2,1-2H3,(H,19,20,21). The van der Waals surface area contributed by atoms with Gasteiger partial charge < -0.3 is 19.7 Å². The Hall–Kier alpha value is -2.34. The van der Waals surface area contributed by atoms with Crippen molar-refractivity contribution in [2.24, 2.45) is 0 Å². The second-order valence-electron chi connectivity index (χ2n) is 5.82. The lowest BCUT2D eigenvalue weighted by Crippen LogP contribution is -2.37. The van der Waals surface area contributed by atoms with Crippen LogP contribution >= 0.6 is 0 Å².